The predicted molar refractivity (Wildman–Crippen MR) is 111 cm³/mol. The molecule has 0 radical (unpaired) electrons. The normalized spacial score (nSPS) is 15.2. The maximum absolute atomic E-state index is 6.27. The molecule has 132 valence electrons. The van der Waals surface area contributed by atoms with Crippen LogP contribution in [0.4, 0.5) is 5.69 Å². The molecule has 7 heteroatoms. The van der Waals surface area contributed by atoms with Crippen LogP contribution in [-0.4, -0.2) is 41.1 Å². The summed E-state index contributed by atoms with van der Waals surface area (Å²) >= 11 is 24.0. The van der Waals surface area contributed by atoms with Crippen LogP contribution < -0.4 is 5.32 Å². The fourth-order valence-electron chi connectivity index (χ4n) is 2.75. The zero-order valence-electron chi connectivity index (χ0n) is 13.5. The van der Waals surface area contributed by atoms with Gasteiger partial charge in [-0.2, -0.15) is 0 Å². The van der Waals surface area contributed by atoms with Crippen molar-refractivity contribution < 1.29 is 0 Å². The van der Waals surface area contributed by atoms with Crippen molar-refractivity contribution in [1.82, 2.24) is 9.80 Å². The van der Waals surface area contributed by atoms with Gasteiger partial charge in [0.1, 0.15) is 0 Å². The van der Waals surface area contributed by atoms with Crippen molar-refractivity contribution in [3.8, 4) is 0 Å². The molecule has 1 fully saturated rings. The van der Waals surface area contributed by atoms with Gasteiger partial charge >= 0.3 is 0 Å². The maximum Gasteiger partial charge on any atom is 0.173 e. The molecule has 0 aromatic heterocycles. The average Bonchev–Trinajstić information content (AvgIpc) is 2.61. The number of nitrogens with zero attached hydrogens (tertiary/aromatic N) is 2. The van der Waals surface area contributed by atoms with E-state index in [9.17, 15) is 0 Å². The standard InChI is InChI=1S/C18H18Cl3N3S/c19-13-4-6-14(7-5-13)22-18(25)24-10-8-23(9-11-24)12-15-16(20)2-1-3-17(15)21/h1-7H,8-12H2,(H,22,25). The number of anilines is 1. The van der Waals surface area contributed by atoms with Crippen LogP contribution in [0.25, 0.3) is 0 Å². The van der Waals surface area contributed by atoms with Gasteiger partial charge in [0, 0.05) is 59.0 Å². The summed E-state index contributed by atoms with van der Waals surface area (Å²) < 4.78 is 0. The molecular formula is C18H18Cl3N3S. The van der Waals surface area contributed by atoms with Gasteiger partial charge in [0.05, 0.1) is 0 Å². The Kier molecular flexibility index (Phi) is 6.42. The van der Waals surface area contributed by atoms with E-state index in [-0.39, 0.29) is 0 Å². The lowest BCUT2D eigenvalue weighted by Gasteiger charge is -2.36. The van der Waals surface area contributed by atoms with E-state index in [1.807, 2.05) is 42.5 Å². The molecule has 1 N–H and O–H groups in total. The van der Waals surface area contributed by atoms with E-state index >= 15 is 0 Å². The molecule has 1 heterocycles. The first-order valence-electron chi connectivity index (χ1n) is 7.99. The molecule has 2 aromatic carbocycles. The number of hydrogen-bond donors (Lipinski definition) is 1. The third-order valence-corrected chi connectivity index (χ3v) is 5.52. The number of nitrogens with one attached hydrogen (secondary N) is 1. The molecule has 1 aliphatic heterocycles. The van der Waals surface area contributed by atoms with E-state index in [1.54, 1.807) is 0 Å². The number of halogens is 3. The van der Waals surface area contributed by atoms with Crippen LogP contribution in [0.15, 0.2) is 42.5 Å². The molecule has 0 atom stereocenters. The zero-order valence-corrected chi connectivity index (χ0v) is 16.6. The number of thiocarbonyl (C=S) groups is 1. The quantitative estimate of drug-likeness (QED) is 0.699. The van der Waals surface area contributed by atoms with Crippen LogP contribution >= 0.6 is 47.0 Å². The van der Waals surface area contributed by atoms with Crippen molar-refractivity contribution in [2.45, 2.75) is 6.54 Å². The minimum atomic E-state index is 0.711. The van der Waals surface area contributed by atoms with E-state index in [0.717, 1.165) is 59.1 Å². The van der Waals surface area contributed by atoms with Crippen LogP contribution in [0.5, 0.6) is 0 Å². The van der Waals surface area contributed by atoms with Crippen molar-refractivity contribution in [1.29, 1.82) is 0 Å². The summed E-state index contributed by atoms with van der Waals surface area (Å²) in [6, 6.07) is 13.2. The number of hydrogen-bond acceptors (Lipinski definition) is 2. The second kappa shape index (κ2) is 8.56. The average molecular weight is 415 g/mol. The Balaban J connectivity index is 1.53. The molecule has 0 bridgehead atoms. The van der Waals surface area contributed by atoms with Gasteiger partial charge in [0.15, 0.2) is 5.11 Å². The topological polar surface area (TPSA) is 18.5 Å². The van der Waals surface area contributed by atoms with Gasteiger partial charge in [-0.15, -0.1) is 0 Å². The van der Waals surface area contributed by atoms with Gasteiger partial charge < -0.3 is 10.2 Å². The molecular weight excluding hydrogens is 397 g/mol. The second-order valence-corrected chi connectivity index (χ2v) is 7.54. The minimum Gasteiger partial charge on any atom is -0.346 e. The van der Waals surface area contributed by atoms with E-state index in [4.69, 9.17) is 47.0 Å². The monoisotopic (exact) mass is 413 g/mol. The molecule has 0 spiro atoms. The van der Waals surface area contributed by atoms with Crippen molar-refractivity contribution in [2.75, 3.05) is 31.5 Å². The zero-order chi connectivity index (χ0) is 17.8. The molecule has 1 saturated heterocycles. The summed E-state index contributed by atoms with van der Waals surface area (Å²) in [6.07, 6.45) is 0. The van der Waals surface area contributed by atoms with E-state index in [0.29, 0.717) is 5.02 Å². The number of benzene rings is 2. The van der Waals surface area contributed by atoms with Crippen LogP contribution in [0.1, 0.15) is 5.56 Å². The molecule has 0 amide bonds. The first-order valence-corrected chi connectivity index (χ1v) is 9.54. The van der Waals surface area contributed by atoms with Crippen LogP contribution in [0.3, 0.4) is 0 Å². The van der Waals surface area contributed by atoms with E-state index in [1.165, 1.54) is 0 Å². The van der Waals surface area contributed by atoms with Crippen molar-refractivity contribution in [3.63, 3.8) is 0 Å². The Morgan fingerprint density at radius 3 is 2.12 bits per heavy atom. The first kappa shape index (κ1) is 18.7. The van der Waals surface area contributed by atoms with Crippen molar-refractivity contribution in [3.05, 3.63) is 63.1 Å². The minimum absolute atomic E-state index is 0.711. The second-order valence-electron chi connectivity index (χ2n) is 5.90. The molecule has 0 saturated carbocycles. The van der Waals surface area contributed by atoms with Crippen LogP contribution in [-0.2, 0) is 6.54 Å². The van der Waals surface area contributed by atoms with Crippen LogP contribution in [0.2, 0.25) is 15.1 Å². The highest BCUT2D eigenvalue weighted by atomic mass is 35.5. The third kappa shape index (κ3) is 4.99. The molecule has 1 aliphatic rings. The molecule has 2 aromatic rings. The van der Waals surface area contributed by atoms with Gasteiger partial charge in [0.25, 0.3) is 0 Å². The van der Waals surface area contributed by atoms with Gasteiger partial charge in [0.2, 0.25) is 0 Å². The largest absolute Gasteiger partial charge is 0.346 e. The number of rotatable bonds is 3. The Morgan fingerprint density at radius 1 is 0.920 bits per heavy atom. The molecule has 3 nitrogen and oxygen atoms in total. The molecule has 0 unspecified atom stereocenters. The van der Waals surface area contributed by atoms with Gasteiger partial charge in [-0.05, 0) is 48.6 Å². The maximum atomic E-state index is 6.27. The van der Waals surface area contributed by atoms with Gasteiger partial charge in [-0.25, -0.2) is 0 Å². The highest BCUT2D eigenvalue weighted by Gasteiger charge is 2.20. The van der Waals surface area contributed by atoms with E-state index in [2.05, 4.69) is 15.1 Å². The summed E-state index contributed by atoms with van der Waals surface area (Å²) in [4.78, 5) is 4.52. The SMILES string of the molecule is S=C(Nc1ccc(Cl)cc1)N1CCN(Cc2c(Cl)cccc2Cl)CC1. The summed E-state index contributed by atoms with van der Waals surface area (Å²) in [5.41, 5.74) is 1.93. The van der Waals surface area contributed by atoms with Crippen molar-refractivity contribution in [2.24, 2.45) is 0 Å². The fraction of sp³-hybridized carbons (Fsp3) is 0.278. The fourth-order valence-corrected chi connectivity index (χ4v) is 3.70. The smallest absolute Gasteiger partial charge is 0.173 e. The van der Waals surface area contributed by atoms with Gasteiger partial charge in [-0.3, -0.25) is 4.90 Å². The summed E-state index contributed by atoms with van der Waals surface area (Å²) in [5.74, 6) is 0. The number of piperazine rings is 1. The van der Waals surface area contributed by atoms with Gasteiger partial charge in [-0.1, -0.05) is 40.9 Å². The first-order chi connectivity index (χ1) is 12.0. The molecule has 0 aliphatic carbocycles. The Bertz CT molecular complexity index is 723. The Hall–Kier alpha value is -1.04. The predicted octanol–water partition coefficient (Wildman–Crippen LogP) is 5.16. The van der Waals surface area contributed by atoms with Crippen molar-refractivity contribution >= 4 is 57.8 Å². The Labute approximate surface area is 168 Å². The highest BCUT2D eigenvalue weighted by molar-refractivity contribution is 7.80. The lowest BCUT2D eigenvalue weighted by atomic mass is 10.2. The highest BCUT2D eigenvalue weighted by Crippen LogP contribution is 2.26. The third-order valence-electron chi connectivity index (χ3n) is 4.20. The van der Waals surface area contributed by atoms with E-state index < -0.39 is 0 Å². The lowest BCUT2D eigenvalue weighted by Crippen LogP contribution is -2.49. The molecule has 3 rings (SSSR count). The van der Waals surface area contributed by atoms with Crippen LogP contribution in [0, 0.1) is 0 Å². The summed E-state index contributed by atoms with van der Waals surface area (Å²) in [6.45, 7) is 4.29. The lowest BCUT2D eigenvalue weighted by molar-refractivity contribution is 0.177. The summed E-state index contributed by atoms with van der Waals surface area (Å²) in [7, 11) is 0. The Morgan fingerprint density at radius 2 is 1.52 bits per heavy atom. The molecule has 25 heavy (non-hydrogen) atoms. The summed E-state index contributed by atoms with van der Waals surface area (Å²) in [5, 5.41) is 6.14.